The number of unbranched alkanes of at least 4 members (excludes halogenated alkanes) is 2. The minimum atomic E-state index is -4.53. The molecule has 0 rings (SSSR count). The third-order valence-corrected chi connectivity index (χ3v) is 5.62. The molecular formula is C10H26N2O6P2. The van der Waals surface area contributed by atoms with Crippen LogP contribution in [0.3, 0.4) is 0 Å². The van der Waals surface area contributed by atoms with Gasteiger partial charge in [-0.15, -0.1) is 0 Å². The van der Waals surface area contributed by atoms with Crippen LogP contribution in [-0.4, -0.2) is 37.1 Å². The van der Waals surface area contributed by atoms with Crippen LogP contribution in [-0.2, 0) is 9.13 Å². The van der Waals surface area contributed by atoms with Crippen molar-refractivity contribution in [1.82, 2.24) is 0 Å². The number of hydrogen-bond donors (Lipinski definition) is 6. The van der Waals surface area contributed by atoms with E-state index in [0.29, 0.717) is 6.42 Å². The van der Waals surface area contributed by atoms with Crippen LogP contribution in [0.2, 0.25) is 0 Å². The lowest BCUT2D eigenvalue weighted by Crippen LogP contribution is -2.58. The van der Waals surface area contributed by atoms with Crippen LogP contribution in [0.5, 0.6) is 0 Å². The number of hydrogen-bond acceptors (Lipinski definition) is 4. The lowest BCUT2D eigenvalue weighted by atomic mass is 9.97. The topological polar surface area (TPSA) is 167 Å². The van der Waals surface area contributed by atoms with Crippen molar-refractivity contribution >= 4 is 15.2 Å². The van der Waals surface area contributed by atoms with Crippen molar-refractivity contribution in [3.63, 3.8) is 0 Å². The second-order valence-electron chi connectivity index (χ2n) is 5.20. The minimum Gasteiger partial charge on any atom is -0.324 e. The molecule has 8 N–H and O–H groups in total. The van der Waals surface area contributed by atoms with Gasteiger partial charge in [0.15, 0.2) is 0 Å². The Morgan fingerprint density at radius 3 is 2.00 bits per heavy atom. The van der Waals surface area contributed by atoms with E-state index in [2.05, 4.69) is 0 Å². The Bertz CT molecular complexity index is 378. The molecule has 0 fully saturated rings. The van der Waals surface area contributed by atoms with Crippen LogP contribution in [0.25, 0.3) is 0 Å². The van der Waals surface area contributed by atoms with Crippen LogP contribution in [0.1, 0.15) is 45.4 Å². The van der Waals surface area contributed by atoms with Crippen molar-refractivity contribution < 1.29 is 28.7 Å². The van der Waals surface area contributed by atoms with Crippen molar-refractivity contribution in [2.24, 2.45) is 11.5 Å². The first-order valence-electron chi connectivity index (χ1n) is 6.57. The number of nitrogens with two attached hydrogens (primary N) is 2. The lowest BCUT2D eigenvalue weighted by Gasteiger charge is -2.34. The minimum absolute atomic E-state index is 0.0377. The molecule has 0 spiro atoms. The van der Waals surface area contributed by atoms with Crippen molar-refractivity contribution in [3.8, 4) is 0 Å². The molecule has 0 bridgehead atoms. The van der Waals surface area contributed by atoms with Gasteiger partial charge in [0.1, 0.15) is 0 Å². The molecule has 10 heteroatoms. The second kappa shape index (κ2) is 8.01. The Labute approximate surface area is 119 Å². The smallest absolute Gasteiger partial charge is 0.324 e. The monoisotopic (exact) mass is 332 g/mol. The van der Waals surface area contributed by atoms with E-state index in [0.717, 1.165) is 12.8 Å². The molecule has 0 saturated carbocycles. The van der Waals surface area contributed by atoms with Crippen LogP contribution >= 0.6 is 15.2 Å². The molecule has 0 heterocycles. The van der Waals surface area contributed by atoms with E-state index in [-0.39, 0.29) is 19.3 Å². The maximum atomic E-state index is 11.5. The van der Waals surface area contributed by atoms with Crippen molar-refractivity contribution in [2.45, 2.75) is 56.8 Å². The van der Waals surface area contributed by atoms with E-state index in [1.54, 1.807) is 0 Å². The summed E-state index contributed by atoms with van der Waals surface area (Å²) in [4.78, 5) is 36.2. The SMILES string of the molecule is CCCCCC(N)(N)C(CCCP(=O)(O)O)P(=O)(O)O. The van der Waals surface area contributed by atoms with Crippen molar-refractivity contribution in [2.75, 3.05) is 6.16 Å². The Balaban J connectivity index is 4.71. The fourth-order valence-electron chi connectivity index (χ4n) is 2.09. The summed E-state index contributed by atoms with van der Waals surface area (Å²) in [6.07, 6.45) is 2.10. The van der Waals surface area contributed by atoms with E-state index in [4.69, 9.17) is 21.3 Å². The molecule has 0 aliphatic heterocycles. The molecule has 20 heavy (non-hydrogen) atoms. The quantitative estimate of drug-likeness (QED) is 0.193. The Kier molecular flexibility index (Phi) is 8.10. The molecule has 0 saturated heterocycles. The van der Waals surface area contributed by atoms with Gasteiger partial charge in [-0.3, -0.25) is 9.13 Å². The average molecular weight is 332 g/mol. The zero-order valence-corrected chi connectivity index (χ0v) is 13.5. The zero-order chi connectivity index (χ0) is 16.0. The molecule has 0 aliphatic carbocycles. The first-order valence-corrected chi connectivity index (χ1v) is 10.1. The van der Waals surface area contributed by atoms with Crippen LogP contribution in [0.4, 0.5) is 0 Å². The van der Waals surface area contributed by atoms with Gasteiger partial charge in [-0.2, -0.15) is 0 Å². The molecule has 122 valence electrons. The summed E-state index contributed by atoms with van der Waals surface area (Å²) in [5.41, 5.74) is 8.83. The second-order valence-corrected chi connectivity index (χ2v) is 8.78. The van der Waals surface area contributed by atoms with E-state index in [1.807, 2.05) is 6.92 Å². The summed E-state index contributed by atoms with van der Waals surface area (Å²) in [6.45, 7) is 1.98. The molecule has 0 aromatic heterocycles. The van der Waals surface area contributed by atoms with E-state index >= 15 is 0 Å². The average Bonchev–Trinajstić information content (AvgIpc) is 2.21. The summed E-state index contributed by atoms with van der Waals surface area (Å²) in [6, 6.07) is 0. The van der Waals surface area contributed by atoms with Crippen LogP contribution in [0.15, 0.2) is 0 Å². The summed E-state index contributed by atoms with van der Waals surface area (Å²) in [5.74, 6) is 0. The van der Waals surface area contributed by atoms with Gasteiger partial charge in [0.05, 0.1) is 11.3 Å². The van der Waals surface area contributed by atoms with E-state index in [1.165, 1.54) is 0 Å². The third kappa shape index (κ3) is 8.49. The fourth-order valence-corrected chi connectivity index (χ4v) is 3.96. The van der Waals surface area contributed by atoms with Crippen molar-refractivity contribution in [3.05, 3.63) is 0 Å². The molecule has 1 atom stereocenters. The lowest BCUT2D eigenvalue weighted by molar-refractivity contribution is 0.287. The predicted molar refractivity (Wildman–Crippen MR) is 77.2 cm³/mol. The molecule has 8 nitrogen and oxygen atoms in total. The Morgan fingerprint density at radius 2 is 1.60 bits per heavy atom. The van der Waals surface area contributed by atoms with Gasteiger partial charge in [0.25, 0.3) is 0 Å². The maximum absolute atomic E-state index is 11.5. The fraction of sp³-hybridized carbons (Fsp3) is 1.00. The Morgan fingerprint density at radius 1 is 1.05 bits per heavy atom. The normalized spacial score (nSPS) is 15.3. The summed E-state index contributed by atoms with van der Waals surface area (Å²) < 4.78 is 22.3. The van der Waals surface area contributed by atoms with Gasteiger partial charge in [0.2, 0.25) is 0 Å². The van der Waals surface area contributed by atoms with Gasteiger partial charge in [-0.05, 0) is 19.3 Å². The van der Waals surface area contributed by atoms with Gasteiger partial charge >= 0.3 is 15.2 Å². The zero-order valence-electron chi connectivity index (χ0n) is 11.7. The number of rotatable bonds is 10. The molecule has 0 radical (unpaired) electrons. The summed E-state index contributed by atoms with van der Waals surface area (Å²) >= 11 is 0. The van der Waals surface area contributed by atoms with Gasteiger partial charge in [0, 0.05) is 6.16 Å². The largest absolute Gasteiger partial charge is 0.331 e. The van der Waals surface area contributed by atoms with Crippen LogP contribution < -0.4 is 11.5 Å². The Hall–Kier alpha value is 0.220. The first-order chi connectivity index (χ1) is 8.90. The van der Waals surface area contributed by atoms with Gasteiger partial charge in [-0.1, -0.05) is 26.2 Å². The highest BCUT2D eigenvalue weighted by Crippen LogP contribution is 2.48. The molecular weight excluding hydrogens is 306 g/mol. The molecule has 0 aliphatic rings. The summed E-state index contributed by atoms with van der Waals surface area (Å²) in [5, 5.41) is 0. The first kappa shape index (κ1) is 20.2. The van der Waals surface area contributed by atoms with Crippen LogP contribution in [0, 0.1) is 0 Å². The van der Waals surface area contributed by atoms with E-state index in [9.17, 15) is 18.9 Å². The third-order valence-electron chi connectivity index (χ3n) is 3.17. The highest BCUT2D eigenvalue weighted by atomic mass is 31.2. The van der Waals surface area contributed by atoms with Gasteiger partial charge in [-0.25, -0.2) is 0 Å². The summed E-state index contributed by atoms with van der Waals surface area (Å²) in [7, 11) is -8.72. The highest BCUT2D eigenvalue weighted by molar-refractivity contribution is 7.52. The maximum Gasteiger partial charge on any atom is 0.331 e. The van der Waals surface area contributed by atoms with E-state index < -0.39 is 32.7 Å². The van der Waals surface area contributed by atoms with Gasteiger partial charge < -0.3 is 31.0 Å². The predicted octanol–water partition coefficient (Wildman–Crippen LogP) is 0.685. The molecule has 0 aromatic rings. The highest BCUT2D eigenvalue weighted by Gasteiger charge is 2.42. The standard InChI is InChI=1S/C10H26N2O6P2/c1-2-3-4-7-10(11,12)9(20(16,17)18)6-5-8-19(13,14)15/h9H,2-8,11-12H2,1H3,(H2,13,14,15)(H2,16,17,18). The molecule has 1 unspecified atom stereocenters. The molecule has 0 aromatic carbocycles. The van der Waals surface area contributed by atoms with Crippen molar-refractivity contribution in [1.29, 1.82) is 0 Å². The molecule has 0 amide bonds.